The first-order chi connectivity index (χ1) is 7.50. The summed E-state index contributed by atoms with van der Waals surface area (Å²) >= 11 is 0. The monoisotopic (exact) mass is 386 g/mol. The van der Waals surface area contributed by atoms with Gasteiger partial charge < -0.3 is 49.6 Å². The minimum Gasteiger partial charge on any atom is -1.00 e. The topological polar surface area (TPSA) is 0 Å². The van der Waals surface area contributed by atoms with Crippen molar-refractivity contribution in [1.29, 1.82) is 0 Å². The molecule has 110 valence electrons. The van der Waals surface area contributed by atoms with Gasteiger partial charge in [-0.2, -0.15) is 0 Å². The molecule has 3 aliphatic carbocycles. The van der Waals surface area contributed by atoms with Crippen molar-refractivity contribution >= 4 is 0 Å². The van der Waals surface area contributed by atoms with E-state index >= 15 is 0 Å². The smallest absolute Gasteiger partial charge is 1.00 e. The van der Waals surface area contributed by atoms with Gasteiger partial charge in [0.1, 0.15) is 0 Å². The van der Waals surface area contributed by atoms with Gasteiger partial charge in [-0.05, 0) is 19.3 Å². The summed E-state index contributed by atoms with van der Waals surface area (Å²) in [6.07, 6.45) is 28.5. The molecule has 0 atom stereocenters. The molecule has 0 saturated carbocycles. The molecule has 3 rings (SSSR count). The first-order valence-corrected chi connectivity index (χ1v) is 5.45. The molecular weight excluding hydrogens is 370 g/mol. The van der Waals surface area contributed by atoms with Gasteiger partial charge in [0.05, 0.1) is 0 Å². The van der Waals surface area contributed by atoms with Gasteiger partial charge >= 0.3 is 21.7 Å². The van der Waals surface area contributed by atoms with Crippen LogP contribution in [0.4, 0.5) is 0 Å². The molecule has 0 N–H and O–H groups in total. The molecule has 0 radical (unpaired) electrons. The fourth-order valence-corrected chi connectivity index (χ4v) is 1.18. The van der Waals surface area contributed by atoms with Crippen molar-refractivity contribution in [2.45, 2.75) is 19.3 Å². The van der Waals surface area contributed by atoms with Crippen LogP contribution in [0.5, 0.6) is 0 Å². The number of halogens is 4. The van der Waals surface area contributed by atoms with Gasteiger partial charge in [0, 0.05) is 0 Å². The molecule has 0 unspecified atom stereocenters. The van der Waals surface area contributed by atoms with Crippen LogP contribution >= 0.6 is 0 Å². The summed E-state index contributed by atoms with van der Waals surface area (Å²) in [4.78, 5) is 0. The Morgan fingerprint density at radius 3 is 0.550 bits per heavy atom. The van der Waals surface area contributed by atoms with Crippen LogP contribution in [-0.2, 0) is 21.7 Å². The molecule has 0 saturated heterocycles. The van der Waals surface area contributed by atoms with Crippen molar-refractivity contribution < 1.29 is 71.3 Å². The van der Waals surface area contributed by atoms with E-state index in [2.05, 4.69) is 72.9 Å². The summed E-state index contributed by atoms with van der Waals surface area (Å²) in [6.45, 7) is 0. The van der Waals surface area contributed by atoms with Crippen molar-refractivity contribution in [3.05, 3.63) is 72.9 Å². The first kappa shape index (κ1) is 32.3. The maximum absolute atomic E-state index is 2.12. The summed E-state index contributed by atoms with van der Waals surface area (Å²) in [6, 6.07) is 0. The second-order valence-electron chi connectivity index (χ2n) is 3.28. The summed E-state index contributed by atoms with van der Waals surface area (Å²) in [5.74, 6) is 0. The zero-order valence-electron chi connectivity index (χ0n) is 11.1. The van der Waals surface area contributed by atoms with Crippen molar-refractivity contribution in [2.75, 3.05) is 0 Å². The van der Waals surface area contributed by atoms with Crippen LogP contribution in [0.3, 0.4) is 0 Å². The molecule has 0 heterocycles. The first-order valence-electron chi connectivity index (χ1n) is 5.45. The van der Waals surface area contributed by atoms with E-state index in [1.807, 2.05) is 0 Å². The molecule has 0 spiro atoms. The minimum atomic E-state index is 0. The van der Waals surface area contributed by atoms with E-state index in [0.29, 0.717) is 0 Å². The fourth-order valence-electron chi connectivity index (χ4n) is 1.18. The van der Waals surface area contributed by atoms with Crippen LogP contribution in [-0.4, -0.2) is 0 Å². The van der Waals surface area contributed by atoms with E-state index in [1.54, 1.807) is 0 Å². The second-order valence-corrected chi connectivity index (χ2v) is 3.28. The van der Waals surface area contributed by atoms with Crippen LogP contribution in [0.2, 0.25) is 0 Å². The van der Waals surface area contributed by atoms with Crippen molar-refractivity contribution in [3.8, 4) is 0 Å². The molecule has 0 bridgehead atoms. The van der Waals surface area contributed by atoms with Crippen LogP contribution < -0.4 is 49.6 Å². The zero-order chi connectivity index (χ0) is 10.6. The number of hydrogen-bond acceptors (Lipinski definition) is 0. The molecule has 0 amide bonds. The molecule has 5 heteroatoms. The normalized spacial score (nSPS) is 13.2. The molecular formula is C15H18Cl4Ti. The molecule has 0 aromatic rings. The molecule has 0 aromatic carbocycles. The van der Waals surface area contributed by atoms with Gasteiger partial charge in [-0.1, -0.05) is 72.9 Å². The molecule has 0 nitrogen and oxygen atoms in total. The second kappa shape index (κ2) is 27.6. The molecule has 0 aromatic heterocycles. The van der Waals surface area contributed by atoms with Gasteiger partial charge in [0.15, 0.2) is 0 Å². The Morgan fingerprint density at radius 2 is 0.500 bits per heavy atom. The standard InChI is InChI=1S/3C5H6.4ClH.Ti/c3*1-2-4-5-3-1;;;;;/h3*1-4H,5H2;4*1H;/q;;;;;;;+4/p-4. The Labute approximate surface area is 162 Å². The maximum Gasteiger partial charge on any atom is 4.00 e. The molecule has 0 aliphatic heterocycles. The third-order valence-corrected chi connectivity index (χ3v) is 1.97. The van der Waals surface area contributed by atoms with Gasteiger partial charge in [0.2, 0.25) is 0 Å². The SMILES string of the molecule is C1=CCC=C1.C1=CCC=C1.C1=CCC=C1.[Cl-].[Cl-].[Cl-].[Cl-].[Ti+4]. The predicted molar refractivity (Wildman–Crippen MR) is 68.7 cm³/mol. The summed E-state index contributed by atoms with van der Waals surface area (Å²) < 4.78 is 0. The zero-order valence-corrected chi connectivity index (χ0v) is 15.6. The average Bonchev–Trinajstić information content (AvgIpc) is 3.09. The Bertz CT molecular complexity index is 246. The van der Waals surface area contributed by atoms with Gasteiger partial charge in [-0.3, -0.25) is 0 Å². The van der Waals surface area contributed by atoms with Gasteiger partial charge in [-0.25, -0.2) is 0 Å². The van der Waals surface area contributed by atoms with E-state index in [9.17, 15) is 0 Å². The van der Waals surface area contributed by atoms with Gasteiger partial charge in [0.25, 0.3) is 0 Å². The van der Waals surface area contributed by atoms with Crippen LogP contribution in [0, 0.1) is 0 Å². The third kappa shape index (κ3) is 23.4. The number of hydrogen-bond donors (Lipinski definition) is 0. The third-order valence-electron chi connectivity index (χ3n) is 1.97. The fraction of sp³-hybridized carbons (Fsp3) is 0.200. The average molecular weight is 388 g/mol. The van der Waals surface area contributed by atoms with E-state index in [4.69, 9.17) is 0 Å². The number of allylic oxidation sites excluding steroid dienone is 12. The van der Waals surface area contributed by atoms with Gasteiger partial charge in [-0.15, -0.1) is 0 Å². The molecule has 3 aliphatic rings. The Kier molecular flexibility index (Phi) is 44.6. The van der Waals surface area contributed by atoms with E-state index in [-0.39, 0.29) is 71.3 Å². The Balaban J connectivity index is -0.0000000500. The maximum atomic E-state index is 2.12. The van der Waals surface area contributed by atoms with Crippen molar-refractivity contribution in [1.82, 2.24) is 0 Å². The van der Waals surface area contributed by atoms with Crippen molar-refractivity contribution in [2.24, 2.45) is 0 Å². The van der Waals surface area contributed by atoms with Crippen molar-refractivity contribution in [3.63, 3.8) is 0 Å². The van der Waals surface area contributed by atoms with E-state index < -0.39 is 0 Å². The summed E-state index contributed by atoms with van der Waals surface area (Å²) in [5.41, 5.74) is 0. The Hall–Kier alpha value is 0.314. The predicted octanol–water partition coefficient (Wildman–Crippen LogP) is -7.48. The summed E-state index contributed by atoms with van der Waals surface area (Å²) in [7, 11) is 0. The quantitative estimate of drug-likeness (QED) is 0.362. The molecule has 0 fully saturated rings. The van der Waals surface area contributed by atoms with E-state index in [1.165, 1.54) is 0 Å². The Morgan fingerprint density at radius 1 is 0.350 bits per heavy atom. The minimum absolute atomic E-state index is 0. The van der Waals surface area contributed by atoms with Crippen LogP contribution in [0.15, 0.2) is 72.9 Å². The number of rotatable bonds is 0. The van der Waals surface area contributed by atoms with E-state index in [0.717, 1.165) is 19.3 Å². The summed E-state index contributed by atoms with van der Waals surface area (Å²) in [5, 5.41) is 0. The largest absolute Gasteiger partial charge is 4.00 e. The van der Waals surface area contributed by atoms with Crippen LogP contribution in [0.1, 0.15) is 19.3 Å². The van der Waals surface area contributed by atoms with Crippen LogP contribution in [0.25, 0.3) is 0 Å². The molecule has 20 heavy (non-hydrogen) atoms.